The summed E-state index contributed by atoms with van der Waals surface area (Å²) in [7, 11) is 0. The molecule has 2 saturated heterocycles. The Balaban J connectivity index is 1.57. The Kier molecular flexibility index (Phi) is 5.84. The maximum absolute atomic E-state index is 13.0. The zero-order valence-electron chi connectivity index (χ0n) is 22.1. The summed E-state index contributed by atoms with van der Waals surface area (Å²) in [6.07, 6.45) is 1.33. The standard InChI is InChI=1S/C25H38N2O8/c1-21(2,3)32-19(30)26-17(28)15-9-11-24(26,13-15)34-23(7,8)35-25-12-10-16(14-25)18(29)27(25)20(31)33-22(4,5)6/h15-16H,9-14H2,1-8H3. The highest BCUT2D eigenvalue weighted by Gasteiger charge is 2.65. The number of amides is 4. The molecule has 0 spiro atoms. The van der Waals surface area contributed by atoms with Crippen LogP contribution in [-0.2, 0) is 28.5 Å². The lowest BCUT2D eigenvalue weighted by Crippen LogP contribution is -2.60. The molecule has 2 aliphatic heterocycles. The molecule has 4 atom stereocenters. The number of likely N-dealkylation sites (tertiary alicyclic amines) is 2. The van der Waals surface area contributed by atoms with Crippen molar-refractivity contribution in [3.63, 3.8) is 0 Å². The number of nitrogens with zero attached hydrogens (tertiary/aromatic N) is 2. The summed E-state index contributed by atoms with van der Waals surface area (Å²) in [5, 5.41) is 0. The van der Waals surface area contributed by atoms with Crippen LogP contribution in [0.25, 0.3) is 0 Å². The van der Waals surface area contributed by atoms with Crippen molar-refractivity contribution < 1.29 is 38.1 Å². The third kappa shape index (κ3) is 4.67. The van der Waals surface area contributed by atoms with Gasteiger partial charge in [-0.3, -0.25) is 9.59 Å². The molecular formula is C25H38N2O8. The van der Waals surface area contributed by atoms with Crippen molar-refractivity contribution in [2.24, 2.45) is 11.8 Å². The summed E-state index contributed by atoms with van der Waals surface area (Å²) >= 11 is 0. The summed E-state index contributed by atoms with van der Waals surface area (Å²) in [5.41, 5.74) is -3.96. The van der Waals surface area contributed by atoms with Crippen molar-refractivity contribution >= 4 is 24.0 Å². The van der Waals surface area contributed by atoms with Gasteiger partial charge in [0.2, 0.25) is 11.8 Å². The highest BCUT2D eigenvalue weighted by Crippen LogP contribution is 2.54. The number of imide groups is 2. The minimum Gasteiger partial charge on any atom is -0.443 e. The number of piperidine rings is 2. The van der Waals surface area contributed by atoms with Crippen LogP contribution in [0.1, 0.15) is 93.9 Å². The third-order valence-electron chi connectivity index (χ3n) is 6.88. The van der Waals surface area contributed by atoms with Gasteiger partial charge in [0.1, 0.15) is 11.2 Å². The first-order valence-corrected chi connectivity index (χ1v) is 12.4. The van der Waals surface area contributed by atoms with E-state index in [2.05, 4.69) is 0 Å². The van der Waals surface area contributed by atoms with E-state index in [9.17, 15) is 19.2 Å². The Morgan fingerprint density at radius 1 is 0.714 bits per heavy atom. The predicted molar refractivity (Wildman–Crippen MR) is 123 cm³/mol. The summed E-state index contributed by atoms with van der Waals surface area (Å²) in [5.74, 6) is -2.60. The van der Waals surface area contributed by atoms with Gasteiger partial charge in [0.05, 0.1) is 0 Å². The number of rotatable bonds is 4. The topological polar surface area (TPSA) is 112 Å². The van der Waals surface area contributed by atoms with E-state index < -0.39 is 40.6 Å². The first-order valence-electron chi connectivity index (χ1n) is 12.4. The van der Waals surface area contributed by atoms with Gasteiger partial charge in [0, 0.05) is 24.7 Å². The number of hydrogen-bond acceptors (Lipinski definition) is 8. The van der Waals surface area contributed by atoms with Gasteiger partial charge in [-0.1, -0.05) is 0 Å². The molecule has 2 heterocycles. The lowest BCUT2D eigenvalue weighted by Gasteiger charge is -2.46. The molecule has 4 aliphatic rings. The van der Waals surface area contributed by atoms with Crippen LogP contribution in [0.3, 0.4) is 0 Å². The molecule has 4 rings (SSSR count). The Morgan fingerprint density at radius 2 is 1.06 bits per heavy atom. The molecular weight excluding hydrogens is 456 g/mol. The molecule has 0 radical (unpaired) electrons. The van der Waals surface area contributed by atoms with E-state index in [0.717, 1.165) is 9.80 Å². The highest BCUT2D eigenvalue weighted by molar-refractivity contribution is 5.97. The van der Waals surface area contributed by atoms with Gasteiger partial charge in [-0.05, 0) is 81.1 Å². The van der Waals surface area contributed by atoms with Gasteiger partial charge in [-0.15, -0.1) is 0 Å². The molecule has 0 aromatic heterocycles. The normalized spacial score (nSPS) is 32.6. The van der Waals surface area contributed by atoms with Gasteiger partial charge >= 0.3 is 12.2 Å². The average Bonchev–Trinajstić information content (AvgIpc) is 3.34. The molecule has 10 nitrogen and oxygen atoms in total. The molecule has 35 heavy (non-hydrogen) atoms. The van der Waals surface area contributed by atoms with Gasteiger partial charge in [-0.25, -0.2) is 19.4 Å². The SMILES string of the molecule is CC(C)(C)OC(=O)N1C(=O)C2CCC1(OC(C)(C)OC13CCC(C1)C(=O)N3C(=O)OC(C)(C)C)C2. The van der Waals surface area contributed by atoms with Gasteiger partial charge < -0.3 is 18.9 Å². The predicted octanol–water partition coefficient (Wildman–Crippen LogP) is 4.30. The monoisotopic (exact) mass is 494 g/mol. The average molecular weight is 495 g/mol. The lowest BCUT2D eigenvalue weighted by atomic mass is 10.1. The van der Waals surface area contributed by atoms with E-state index >= 15 is 0 Å². The van der Waals surface area contributed by atoms with Crippen LogP contribution >= 0.6 is 0 Å². The quantitative estimate of drug-likeness (QED) is 0.532. The zero-order chi connectivity index (χ0) is 26.2. The molecule has 10 heteroatoms. The van der Waals surface area contributed by atoms with E-state index in [1.807, 2.05) is 0 Å². The van der Waals surface area contributed by atoms with Crippen LogP contribution in [0.15, 0.2) is 0 Å². The number of fused-ring (bicyclic) bond motifs is 4. The maximum Gasteiger partial charge on any atom is 0.419 e. The molecule has 0 N–H and O–H groups in total. The second kappa shape index (κ2) is 7.90. The fourth-order valence-corrected chi connectivity index (χ4v) is 5.91. The number of ether oxygens (including phenoxy) is 4. The first kappa shape index (κ1) is 25.9. The number of carbonyl (C=O) groups is 4. The Morgan fingerprint density at radius 3 is 1.37 bits per heavy atom. The van der Waals surface area contributed by atoms with Crippen LogP contribution in [0.5, 0.6) is 0 Å². The maximum atomic E-state index is 13.0. The fourth-order valence-electron chi connectivity index (χ4n) is 5.91. The second-order valence-corrected chi connectivity index (χ2v) is 12.7. The summed E-state index contributed by atoms with van der Waals surface area (Å²) in [4.78, 5) is 54.1. The molecule has 0 aromatic rings. The van der Waals surface area contributed by atoms with E-state index in [-0.39, 0.29) is 23.7 Å². The number of hydrogen-bond donors (Lipinski definition) is 0. The van der Waals surface area contributed by atoms with Crippen molar-refractivity contribution in [3.8, 4) is 0 Å². The molecule has 4 unspecified atom stereocenters. The van der Waals surface area contributed by atoms with Crippen LogP contribution in [0.4, 0.5) is 9.59 Å². The van der Waals surface area contributed by atoms with E-state index in [4.69, 9.17) is 18.9 Å². The first-order chi connectivity index (χ1) is 15.9. The molecule has 2 saturated carbocycles. The van der Waals surface area contributed by atoms with Crippen molar-refractivity contribution in [1.82, 2.24) is 9.80 Å². The Labute approximate surface area is 206 Å². The molecule has 4 fully saturated rings. The van der Waals surface area contributed by atoms with Crippen molar-refractivity contribution in [2.45, 2.75) is 122 Å². The second-order valence-electron chi connectivity index (χ2n) is 12.7. The largest absolute Gasteiger partial charge is 0.443 e. The van der Waals surface area contributed by atoms with Gasteiger partial charge in [0.15, 0.2) is 17.2 Å². The smallest absolute Gasteiger partial charge is 0.419 e. The van der Waals surface area contributed by atoms with Crippen LogP contribution in [-0.4, -0.2) is 62.2 Å². The molecule has 4 bridgehead atoms. The minimum atomic E-state index is -1.33. The summed E-state index contributed by atoms with van der Waals surface area (Å²) in [6, 6.07) is 0. The molecule has 2 aliphatic carbocycles. The summed E-state index contributed by atoms with van der Waals surface area (Å²) < 4.78 is 23.9. The van der Waals surface area contributed by atoms with E-state index in [1.165, 1.54) is 0 Å². The van der Waals surface area contributed by atoms with Gasteiger partial charge in [0.25, 0.3) is 0 Å². The van der Waals surface area contributed by atoms with Crippen molar-refractivity contribution in [3.05, 3.63) is 0 Å². The number of carbonyl (C=O) groups excluding carboxylic acids is 4. The molecule has 0 aromatic carbocycles. The van der Waals surface area contributed by atoms with Crippen molar-refractivity contribution in [2.75, 3.05) is 0 Å². The van der Waals surface area contributed by atoms with Gasteiger partial charge in [-0.2, -0.15) is 0 Å². The third-order valence-corrected chi connectivity index (χ3v) is 6.88. The van der Waals surface area contributed by atoms with Crippen molar-refractivity contribution in [1.29, 1.82) is 0 Å². The van der Waals surface area contributed by atoms with Crippen LogP contribution in [0.2, 0.25) is 0 Å². The molecule has 196 valence electrons. The highest BCUT2D eigenvalue weighted by atomic mass is 16.7. The Bertz CT molecular complexity index is 874. The van der Waals surface area contributed by atoms with Crippen LogP contribution < -0.4 is 0 Å². The zero-order valence-corrected chi connectivity index (χ0v) is 22.1. The van der Waals surface area contributed by atoms with E-state index in [0.29, 0.717) is 38.5 Å². The summed E-state index contributed by atoms with van der Waals surface area (Å²) in [6.45, 7) is 13.8. The fraction of sp³-hybridized carbons (Fsp3) is 0.840. The Hall–Kier alpha value is -2.20. The van der Waals surface area contributed by atoms with Crippen LogP contribution in [0, 0.1) is 11.8 Å². The lowest BCUT2D eigenvalue weighted by molar-refractivity contribution is -0.340. The minimum absolute atomic E-state index is 0.313. The van der Waals surface area contributed by atoms with E-state index in [1.54, 1.807) is 55.4 Å². The molecule has 4 amide bonds.